The van der Waals surface area contributed by atoms with Gasteiger partial charge in [0.05, 0.1) is 12.6 Å². The number of aromatic hydroxyl groups is 1. The molecule has 2 N–H and O–H groups in total. The summed E-state index contributed by atoms with van der Waals surface area (Å²) in [7, 11) is 0. The molecule has 0 aliphatic carbocycles. The van der Waals surface area contributed by atoms with Gasteiger partial charge in [-0.1, -0.05) is 19.1 Å². The number of rotatable bonds is 6. The number of hydrogen-bond donors (Lipinski definition) is 2. The summed E-state index contributed by atoms with van der Waals surface area (Å²) >= 11 is 1.62. The first-order valence-electron chi connectivity index (χ1n) is 6.26. The zero-order valence-corrected chi connectivity index (χ0v) is 11.7. The van der Waals surface area contributed by atoms with Crippen molar-refractivity contribution in [1.82, 2.24) is 9.88 Å². The molecule has 0 aliphatic heterocycles. The minimum absolute atomic E-state index is 0.180. The monoisotopic (exact) mass is 278 g/mol. The summed E-state index contributed by atoms with van der Waals surface area (Å²) in [6.07, 6.45) is 1.19. The molecular formula is C14H18N2O2S. The van der Waals surface area contributed by atoms with Crippen molar-refractivity contribution in [2.45, 2.75) is 19.6 Å². The first-order valence-corrected chi connectivity index (χ1v) is 7.14. The van der Waals surface area contributed by atoms with Crippen molar-refractivity contribution >= 4 is 11.3 Å². The molecule has 0 radical (unpaired) electrons. The number of phenolic OH excluding ortho intramolecular Hbond substituents is 1. The van der Waals surface area contributed by atoms with Crippen LogP contribution in [0, 0.1) is 0 Å². The Hall–Kier alpha value is -1.43. The van der Waals surface area contributed by atoms with E-state index in [2.05, 4.69) is 16.8 Å². The molecule has 0 fully saturated rings. The second kappa shape index (κ2) is 6.65. The largest absolute Gasteiger partial charge is 0.508 e. The smallest absolute Gasteiger partial charge is 0.115 e. The molecule has 102 valence electrons. The SMILES string of the molecule is CCN(Cc1nccs1)C[C@H](O)c1cccc(O)c1. The molecule has 0 unspecified atom stereocenters. The Morgan fingerprint density at radius 3 is 2.89 bits per heavy atom. The van der Waals surface area contributed by atoms with Gasteiger partial charge in [0, 0.05) is 18.1 Å². The molecule has 0 spiro atoms. The highest BCUT2D eigenvalue weighted by Crippen LogP contribution is 2.20. The van der Waals surface area contributed by atoms with E-state index in [-0.39, 0.29) is 5.75 Å². The van der Waals surface area contributed by atoms with E-state index in [1.807, 2.05) is 11.4 Å². The summed E-state index contributed by atoms with van der Waals surface area (Å²) in [5.74, 6) is 0.180. The lowest BCUT2D eigenvalue weighted by Gasteiger charge is -2.22. The van der Waals surface area contributed by atoms with Crippen molar-refractivity contribution < 1.29 is 10.2 Å². The third kappa shape index (κ3) is 4.02. The van der Waals surface area contributed by atoms with Crippen LogP contribution >= 0.6 is 11.3 Å². The highest BCUT2D eigenvalue weighted by Gasteiger charge is 2.14. The fourth-order valence-corrected chi connectivity index (χ4v) is 2.57. The Kier molecular flexibility index (Phi) is 4.90. The number of aromatic nitrogens is 1. The Balaban J connectivity index is 1.97. The van der Waals surface area contributed by atoms with Crippen LogP contribution in [-0.2, 0) is 6.54 Å². The van der Waals surface area contributed by atoms with Crippen LogP contribution in [0.4, 0.5) is 0 Å². The van der Waals surface area contributed by atoms with E-state index in [0.717, 1.165) is 23.7 Å². The number of thiazole rings is 1. The normalized spacial score (nSPS) is 12.8. The number of phenols is 1. The van der Waals surface area contributed by atoms with Gasteiger partial charge < -0.3 is 10.2 Å². The van der Waals surface area contributed by atoms with Crippen LogP contribution < -0.4 is 0 Å². The molecule has 2 aromatic rings. The molecule has 1 aromatic heterocycles. The molecule has 0 saturated heterocycles. The number of likely N-dealkylation sites (N-methyl/N-ethyl adjacent to an activating group) is 1. The molecule has 0 amide bonds. The van der Waals surface area contributed by atoms with Crippen molar-refractivity contribution in [3.63, 3.8) is 0 Å². The topological polar surface area (TPSA) is 56.6 Å². The van der Waals surface area contributed by atoms with Crippen molar-refractivity contribution in [2.75, 3.05) is 13.1 Å². The standard InChI is InChI=1S/C14H18N2O2S/c1-2-16(10-14-15-6-7-19-14)9-13(18)11-4-3-5-12(17)8-11/h3-8,13,17-18H,2,9-10H2,1H3/t13-/m0/s1. The Bertz CT molecular complexity index is 502. The van der Waals surface area contributed by atoms with Gasteiger partial charge in [-0.05, 0) is 24.2 Å². The van der Waals surface area contributed by atoms with Gasteiger partial charge in [0.25, 0.3) is 0 Å². The summed E-state index contributed by atoms with van der Waals surface area (Å²) in [6, 6.07) is 6.76. The Morgan fingerprint density at radius 1 is 1.42 bits per heavy atom. The Labute approximate surface area is 117 Å². The van der Waals surface area contributed by atoms with E-state index >= 15 is 0 Å². The molecular weight excluding hydrogens is 260 g/mol. The quantitative estimate of drug-likeness (QED) is 0.852. The number of hydrogen-bond acceptors (Lipinski definition) is 5. The highest BCUT2D eigenvalue weighted by atomic mass is 32.1. The summed E-state index contributed by atoms with van der Waals surface area (Å²) in [5, 5.41) is 22.6. The average Bonchev–Trinajstić information content (AvgIpc) is 2.90. The van der Waals surface area contributed by atoms with E-state index in [9.17, 15) is 10.2 Å². The number of benzene rings is 1. The molecule has 5 heteroatoms. The second-order valence-corrected chi connectivity index (χ2v) is 5.34. The zero-order chi connectivity index (χ0) is 13.7. The average molecular weight is 278 g/mol. The van der Waals surface area contributed by atoms with Gasteiger partial charge >= 0.3 is 0 Å². The van der Waals surface area contributed by atoms with E-state index in [1.165, 1.54) is 0 Å². The summed E-state index contributed by atoms with van der Waals surface area (Å²) < 4.78 is 0. The number of nitrogens with zero attached hydrogens (tertiary/aromatic N) is 2. The third-order valence-corrected chi connectivity index (χ3v) is 3.74. The van der Waals surface area contributed by atoms with Gasteiger partial charge in [0.15, 0.2) is 0 Å². The highest BCUT2D eigenvalue weighted by molar-refractivity contribution is 7.09. The first-order chi connectivity index (χ1) is 9.19. The summed E-state index contributed by atoms with van der Waals surface area (Å²) in [4.78, 5) is 6.39. The van der Waals surface area contributed by atoms with Crippen molar-refractivity contribution in [2.24, 2.45) is 0 Å². The van der Waals surface area contributed by atoms with Gasteiger partial charge in [-0.3, -0.25) is 4.90 Å². The molecule has 4 nitrogen and oxygen atoms in total. The minimum Gasteiger partial charge on any atom is -0.508 e. The maximum Gasteiger partial charge on any atom is 0.115 e. The maximum atomic E-state index is 10.2. The molecule has 0 bridgehead atoms. The van der Waals surface area contributed by atoms with Gasteiger partial charge in [0.2, 0.25) is 0 Å². The number of aliphatic hydroxyl groups is 1. The molecule has 1 heterocycles. The summed E-state index contributed by atoms with van der Waals surface area (Å²) in [6.45, 7) is 4.17. The fraction of sp³-hybridized carbons (Fsp3) is 0.357. The van der Waals surface area contributed by atoms with Gasteiger partial charge in [-0.25, -0.2) is 4.98 Å². The van der Waals surface area contributed by atoms with Gasteiger partial charge in [-0.15, -0.1) is 11.3 Å². The fourth-order valence-electron chi connectivity index (χ4n) is 1.91. The lowest BCUT2D eigenvalue weighted by Crippen LogP contribution is -2.28. The van der Waals surface area contributed by atoms with Crippen LogP contribution in [0.15, 0.2) is 35.8 Å². The third-order valence-electron chi connectivity index (χ3n) is 2.98. The zero-order valence-electron chi connectivity index (χ0n) is 10.9. The van der Waals surface area contributed by atoms with Crippen LogP contribution in [0.5, 0.6) is 5.75 Å². The van der Waals surface area contributed by atoms with E-state index in [0.29, 0.717) is 6.54 Å². The van der Waals surface area contributed by atoms with E-state index < -0.39 is 6.10 Å². The number of aliphatic hydroxyl groups excluding tert-OH is 1. The van der Waals surface area contributed by atoms with Crippen LogP contribution in [0.1, 0.15) is 23.6 Å². The molecule has 0 aliphatic rings. The molecule has 1 atom stereocenters. The lowest BCUT2D eigenvalue weighted by molar-refractivity contribution is 0.112. The van der Waals surface area contributed by atoms with Crippen molar-refractivity contribution in [3.05, 3.63) is 46.4 Å². The van der Waals surface area contributed by atoms with Crippen LogP contribution in [0.3, 0.4) is 0 Å². The molecule has 0 saturated carbocycles. The Morgan fingerprint density at radius 2 is 2.26 bits per heavy atom. The van der Waals surface area contributed by atoms with Gasteiger partial charge in [-0.2, -0.15) is 0 Å². The lowest BCUT2D eigenvalue weighted by atomic mass is 10.1. The summed E-state index contributed by atoms with van der Waals surface area (Å²) in [5.41, 5.74) is 0.734. The molecule has 1 aromatic carbocycles. The van der Waals surface area contributed by atoms with E-state index in [1.54, 1.807) is 35.7 Å². The van der Waals surface area contributed by atoms with Crippen molar-refractivity contribution in [1.29, 1.82) is 0 Å². The molecule has 19 heavy (non-hydrogen) atoms. The molecule has 2 rings (SSSR count). The van der Waals surface area contributed by atoms with Crippen LogP contribution in [-0.4, -0.2) is 33.2 Å². The predicted octanol–water partition coefficient (Wildman–Crippen LogP) is 2.40. The maximum absolute atomic E-state index is 10.2. The van der Waals surface area contributed by atoms with Crippen LogP contribution in [0.2, 0.25) is 0 Å². The predicted molar refractivity (Wildman–Crippen MR) is 76.1 cm³/mol. The van der Waals surface area contributed by atoms with Crippen LogP contribution in [0.25, 0.3) is 0 Å². The van der Waals surface area contributed by atoms with Crippen molar-refractivity contribution in [3.8, 4) is 5.75 Å². The first kappa shape index (κ1) is 14.0. The van der Waals surface area contributed by atoms with E-state index in [4.69, 9.17) is 0 Å². The second-order valence-electron chi connectivity index (χ2n) is 4.36. The minimum atomic E-state index is -0.605. The van der Waals surface area contributed by atoms with Gasteiger partial charge in [0.1, 0.15) is 10.8 Å².